The average Bonchev–Trinajstić information content (AvgIpc) is 3.59. The Hall–Kier alpha value is -2.33. The molecule has 7 nitrogen and oxygen atoms in total. The molecular formula is C27H36F3N3O4. The van der Waals surface area contributed by atoms with Gasteiger partial charge in [-0.2, -0.15) is 13.2 Å². The Labute approximate surface area is 215 Å². The first-order chi connectivity index (χ1) is 17.7. The van der Waals surface area contributed by atoms with Crippen LogP contribution in [0.2, 0.25) is 0 Å². The fraction of sp³-hybridized carbons (Fsp3) is 0.704. The third-order valence-electron chi connectivity index (χ3n) is 8.76. The van der Waals surface area contributed by atoms with E-state index in [1.54, 1.807) is 6.07 Å². The van der Waals surface area contributed by atoms with E-state index in [0.29, 0.717) is 57.2 Å². The van der Waals surface area contributed by atoms with Crippen LogP contribution in [0.15, 0.2) is 18.2 Å². The molecule has 1 amide bonds. The van der Waals surface area contributed by atoms with Gasteiger partial charge in [-0.15, -0.1) is 0 Å². The van der Waals surface area contributed by atoms with Gasteiger partial charge in [-0.25, -0.2) is 0 Å². The lowest BCUT2D eigenvalue weighted by Gasteiger charge is -2.34. The van der Waals surface area contributed by atoms with Gasteiger partial charge in [0, 0.05) is 63.6 Å². The molecule has 37 heavy (non-hydrogen) atoms. The van der Waals surface area contributed by atoms with Crippen molar-refractivity contribution in [3.63, 3.8) is 0 Å². The summed E-state index contributed by atoms with van der Waals surface area (Å²) in [6.45, 7) is 5.18. The smallest absolute Gasteiger partial charge is 0.416 e. The van der Waals surface area contributed by atoms with Gasteiger partial charge in [-0.3, -0.25) is 14.5 Å². The van der Waals surface area contributed by atoms with Crippen LogP contribution in [0.5, 0.6) is 0 Å². The summed E-state index contributed by atoms with van der Waals surface area (Å²) in [6.07, 6.45) is -0.0614. The molecule has 1 N–H and O–H groups in total. The number of aliphatic carboxylic acids is 1. The summed E-state index contributed by atoms with van der Waals surface area (Å²) in [7, 11) is 0. The first kappa shape index (κ1) is 26.3. The lowest BCUT2D eigenvalue weighted by Crippen LogP contribution is -2.40. The van der Waals surface area contributed by atoms with Crippen molar-refractivity contribution >= 4 is 17.6 Å². The maximum absolute atomic E-state index is 13.6. The van der Waals surface area contributed by atoms with Crippen LogP contribution in [0.25, 0.3) is 0 Å². The van der Waals surface area contributed by atoms with E-state index in [1.807, 2.05) is 9.80 Å². The Morgan fingerprint density at radius 1 is 0.892 bits per heavy atom. The summed E-state index contributed by atoms with van der Waals surface area (Å²) in [6, 6.07) is 4.40. The summed E-state index contributed by atoms with van der Waals surface area (Å²) in [5.41, 5.74) is 0.661. The second kappa shape index (κ2) is 10.8. The summed E-state index contributed by atoms with van der Waals surface area (Å²) in [5.74, 6) is -1.21. The molecule has 4 saturated heterocycles. The molecular weight excluding hydrogens is 487 g/mol. The van der Waals surface area contributed by atoms with Crippen LogP contribution in [0.3, 0.4) is 0 Å². The molecule has 4 heterocycles. The van der Waals surface area contributed by atoms with Crippen molar-refractivity contribution in [2.75, 3.05) is 57.4 Å². The van der Waals surface area contributed by atoms with E-state index >= 15 is 0 Å². The summed E-state index contributed by atoms with van der Waals surface area (Å²) >= 11 is 0. The number of amides is 1. The number of carboxylic acids is 1. The Balaban J connectivity index is 1.27. The van der Waals surface area contributed by atoms with Crippen molar-refractivity contribution in [3.8, 4) is 0 Å². The molecule has 4 aliphatic rings. The SMILES string of the molecule is O=C(O)C1CCN(c2cc(C(F)(F)F)ccc2C2CCN(C(=O)C3CCN(C4CCOCC4)C3)C2)CC1. The van der Waals surface area contributed by atoms with Crippen molar-refractivity contribution in [3.05, 3.63) is 29.3 Å². The highest BCUT2D eigenvalue weighted by atomic mass is 19.4. The Bertz CT molecular complexity index is 990. The van der Waals surface area contributed by atoms with Crippen LogP contribution in [0.1, 0.15) is 55.6 Å². The molecule has 0 aromatic heterocycles. The number of hydrogen-bond acceptors (Lipinski definition) is 5. The van der Waals surface area contributed by atoms with Crippen molar-refractivity contribution in [1.29, 1.82) is 0 Å². The number of carboxylic acid groups (broad SMARTS) is 1. The number of hydrogen-bond donors (Lipinski definition) is 1. The van der Waals surface area contributed by atoms with E-state index in [-0.39, 0.29) is 17.7 Å². The lowest BCUT2D eigenvalue weighted by molar-refractivity contribution is -0.142. The Morgan fingerprint density at radius 3 is 2.27 bits per heavy atom. The van der Waals surface area contributed by atoms with Crippen LogP contribution >= 0.6 is 0 Å². The molecule has 0 aliphatic carbocycles. The van der Waals surface area contributed by atoms with Gasteiger partial charge in [0.25, 0.3) is 0 Å². The number of anilines is 1. The highest BCUT2D eigenvalue weighted by Gasteiger charge is 2.39. The van der Waals surface area contributed by atoms with E-state index in [2.05, 4.69) is 4.90 Å². The summed E-state index contributed by atoms with van der Waals surface area (Å²) in [4.78, 5) is 31.0. The zero-order valence-electron chi connectivity index (χ0n) is 21.1. The first-order valence-corrected chi connectivity index (χ1v) is 13.5. The minimum absolute atomic E-state index is 0.0243. The van der Waals surface area contributed by atoms with Crippen LogP contribution < -0.4 is 4.90 Å². The number of nitrogens with zero attached hydrogens (tertiary/aromatic N) is 3. The molecule has 1 aromatic rings. The highest BCUT2D eigenvalue weighted by Crippen LogP contribution is 2.40. The number of carbonyl (C=O) groups is 2. The largest absolute Gasteiger partial charge is 0.481 e. The zero-order chi connectivity index (χ0) is 26.2. The number of piperidine rings is 1. The second-order valence-corrected chi connectivity index (χ2v) is 11.0. The van der Waals surface area contributed by atoms with Crippen LogP contribution in [0.4, 0.5) is 18.9 Å². The zero-order valence-corrected chi connectivity index (χ0v) is 21.1. The summed E-state index contributed by atoms with van der Waals surface area (Å²) < 4.78 is 46.1. The van der Waals surface area contributed by atoms with E-state index in [1.165, 1.54) is 6.07 Å². The molecule has 0 bridgehead atoms. The highest BCUT2D eigenvalue weighted by molar-refractivity contribution is 5.80. The minimum Gasteiger partial charge on any atom is -0.481 e. The van der Waals surface area contributed by atoms with E-state index < -0.39 is 23.6 Å². The third kappa shape index (κ3) is 5.74. The molecule has 4 aliphatic heterocycles. The topological polar surface area (TPSA) is 73.3 Å². The van der Waals surface area contributed by atoms with E-state index in [9.17, 15) is 27.9 Å². The maximum atomic E-state index is 13.6. The fourth-order valence-corrected chi connectivity index (χ4v) is 6.55. The molecule has 1 aromatic carbocycles. The molecule has 204 valence electrons. The number of alkyl halides is 3. The van der Waals surface area contributed by atoms with Gasteiger partial charge in [-0.1, -0.05) is 6.07 Å². The predicted molar refractivity (Wildman–Crippen MR) is 131 cm³/mol. The van der Waals surface area contributed by atoms with Crippen LogP contribution in [-0.2, 0) is 20.5 Å². The molecule has 0 saturated carbocycles. The van der Waals surface area contributed by atoms with Gasteiger partial charge in [0.2, 0.25) is 5.91 Å². The quantitative estimate of drug-likeness (QED) is 0.633. The standard InChI is InChI=1S/C27H36F3N3O4/c28-27(29,30)21-1-2-23(24(15-21)31-9-3-18(4-10-31)26(35)36)19-5-12-33(16-19)25(34)20-6-11-32(17-20)22-7-13-37-14-8-22/h1-2,15,18-20,22H,3-14,16-17H2,(H,35,36). The van der Waals surface area contributed by atoms with Crippen molar-refractivity contribution < 1.29 is 32.6 Å². The molecule has 5 rings (SSSR count). The van der Waals surface area contributed by atoms with Crippen molar-refractivity contribution in [1.82, 2.24) is 9.80 Å². The van der Waals surface area contributed by atoms with Crippen LogP contribution in [0, 0.1) is 11.8 Å². The van der Waals surface area contributed by atoms with Gasteiger partial charge in [0.05, 0.1) is 17.4 Å². The second-order valence-electron chi connectivity index (χ2n) is 11.0. The molecule has 4 fully saturated rings. The fourth-order valence-electron chi connectivity index (χ4n) is 6.55. The van der Waals surface area contributed by atoms with Gasteiger partial charge in [-0.05, 0) is 62.8 Å². The van der Waals surface area contributed by atoms with Gasteiger partial charge in [0.15, 0.2) is 0 Å². The molecule has 2 atom stereocenters. The number of benzene rings is 1. The first-order valence-electron chi connectivity index (χ1n) is 13.5. The third-order valence-corrected chi connectivity index (χ3v) is 8.76. The molecule has 0 spiro atoms. The monoisotopic (exact) mass is 523 g/mol. The lowest BCUT2D eigenvalue weighted by atomic mass is 9.91. The van der Waals surface area contributed by atoms with Crippen molar-refractivity contribution in [2.24, 2.45) is 11.8 Å². The van der Waals surface area contributed by atoms with Gasteiger partial charge in [0.1, 0.15) is 0 Å². The van der Waals surface area contributed by atoms with E-state index in [0.717, 1.165) is 57.2 Å². The number of halogens is 3. The maximum Gasteiger partial charge on any atom is 0.416 e. The van der Waals surface area contributed by atoms with Crippen molar-refractivity contribution in [2.45, 2.75) is 56.7 Å². The van der Waals surface area contributed by atoms with Gasteiger partial charge >= 0.3 is 12.1 Å². The molecule has 0 radical (unpaired) electrons. The minimum atomic E-state index is -4.46. The van der Waals surface area contributed by atoms with E-state index in [4.69, 9.17) is 4.74 Å². The average molecular weight is 524 g/mol. The predicted octanol–water partition coefficient (Wildman–Crippen LogP) is 3.82. The number of likely N-dealkylation sites (tertiary alicyclic amines) is 2. The number of ether oxygens (including phenoxy) is 1. The number of rotatable bonds is 5. The van der Waals surface area contributed by atoms with Crippen LogP contribution in [-0.4, -0.2) is 85.3 Å². The Kier molecular flexibility index (Phi) is 7.68. The van der Waals surface area contributed by atoms with Gasteiger partial charge < -0.3 is 19.6 Å². The summed E-state index contributed by atoms with van der Waals surface area (Å²) in [5, 5.41) is 9.32. The molecule has 10 heteroatoms. The number of carbonyl (C=O) groups excluding carboxylic acids is 1. The normalized spacial score (nSPS) is 26.7. The molecule has 2 unspecified atom stereocenters. The Morgan fingerprint density at radius 2 is 1.59 bits per heavy atom.